The lowest BCUT2D eigenvalue weighted by atomic mass is 9.89. The Morgan fingerprint density at radius 3 is 2.58 bits per heavy atom. The molecule has 166 valence electrons. The summed E-state index contributed by atoms with van der Waals surface area (Å²) in [5.74, 6) is -3.80. The molecule has 31 heavy (non-hydrogen) atoms. The van der Waals surface area contributed by atoms with Gasteiger partial charge >= 0.3 is 5.92 Å². The van der Waals surface area contributed by atoms with Crippen molar-refractivity contribution in [2.75, 3.05) is 13.7 Å². The summed E-state index contributed by atoms with van der Waals surface area (Å²) in [6, 6.07) is 12.8. The maximum absolute atomic E-state index is 14.1. The molecule has 4 atom stereocenters. The summed E-state index contributed by atoms with van der Waals surface area (Å²) in [7, 11) is 1.45. The number of alkyl halides is 2. The Bertz CT molecular complexity index is 1050. The van der Waals surface area contributed by atoms with Gasteiger partial charge in [-0.3, -0.25) is 0 Å². The van der Waals surface area contributed by atoms with E-state index >= 15 is 0 Å². The van der Waals surface area contributed by atoms with Gasteiger partial charge < -0.3 is 29.9 Å². The minimum absolute atomic E-state index is 0.0254. The molecule has 1 fully saturated rings. The molecule has 0 spiro atoms. The normalized spacial score (nSPS) is 25.6. The Labute approximate surface area is 180 Å². The van der Waals surface area contributed by atoms with E-state index in [9.17, 15) is 29.2 Å². The van der Waals surface area contributed by atoms with E-state index in [0.29, 0.717) is 17.7 Å². The summed E-state index contributed by atoms with van der Waals surface area (Å²) in [6.07, 6.45) is -7.52. The molecule has 6 nitrogen and oxygen atoms in total. The number of aliphatic hydroxyl groups excluding tert-OH is 3. The molecule has 3 aromatic rings. The zero-order valence-corrected chi connectivity index (χ0v) is 17.4. The number of halogens is 2. The quantitative estimate of drug-likeness (QED) is 0.475. The van der Waals surface area contributed by atoms with Crippen LogP contribution >= 0.6 is 11.3 Å². The lowest BCUT2D eigenvalue weighted by Crippen LogP contribution is -2.59. The SMILES string of the molecule is COc1cc(O)c([C@@H]2O[C@H](CO)C(F)(F)[C@H](O)[C@H]2O)cc1Cc1cc2ccccc2s1. The largest absolute Gasteiger partial charge is 0.507 e. The summed E-state index contributed by atoms with van der Waals surface area (Å²) in [4.78, 5) is 1.01. The van der Waals surface area contributed by atoms with Crippen LogP contribution in [0.25, 0.3) is 10.1 Å². The third-order valence-electron chi connectivity index (χ3n) is 5.51. The van der Waals surface area contributed by atoms with E-state index < -0.39 is 36.9 Å². The highest BCUT2D eigenvalue weighted by Crippen LogP contribution is 2.44. The van der Waals surface area contributed by atoms with Crippen molar-refractivity contribution < 1.29 is 38.7 Å². The van der Waals surface area contributed by atoms with Crippen LogP contribution in [0.2, 0.25) is 0 Å². The molecule has 4 N–H and O–H groups in total. The number of ether oxygens (including phenoxy) is 2. The summed E-state index contributed by atoms with van der Waals surface area (Å²) in [5.41, 5.74) is 0.669. The first-order valence-electron chi connectivity index (χ1n) is 9.63. The third-order valence-corrected chi connectivity index (χ3v) is 6.63. The molecule has 9 heteroatoms. The van der Waals surface area contributed by atoms with Crippen LogP contribution in [0, 0.1) is 0 Å². The molecule has 0 unspecified atom stereocenters. The zero-order valence-electron chi connectivity index (χ0n) is 16.5. The predicted octanol–water partition coefficient (Wildman–Crippen LogP) is 3.00. The van der Waals surface area contributed by atoms with Crippen LogP contribution in [0.3, 0.4) is 0 Å². The van der Waals surface area contributed by atoms with E-state index in [1.807, 2.05) is 30.3 Å². The van der Waals surface area contributed by atoms with Crippen LogP contribution in [-0.4, -0.2) is 58.4 Å². The lowest BCUT2D eigenvalue weighted by molar-refractivity contribution is -0.296. The van der Waals surface area contributed by atoms with Crippen LogP contribution < -0.4 is 4.74 Å². The van der Waals surface area contributed by atoms with Crippen LogP contribution in [0.15, 0.2) is 42.5 Å². The van der Waals surface area contributed by atoms with Crippen molar-refractivity contribution in [2.24, 2.45) is 0 Å². The van der Waals surface area contributed by atoms with Crippen molar-refractivity contribution in [3.63, 3.8) is 0 Å². The second-order valence-electron chi connectivity index (χ2n) is 7.49. The number of thiophene rings is 1. The summed E-state index contributed by atoms with van der Waals surface area (Å²) in [6.45, 7) is -1.06. The lowest BCUT2D eigenvalue weighted by Gasteiger charge is -2.42. The Hall–Kier alpha value is -2.30. The van der Waals surface area contributed by atoms with Gasteiger partial charge in [-0.05, 0) is 29.1 Å². The number of methoxy groups -OCH3 is 1. The molecule has 1 aliphatic rings. The number of hydrogen-bond donors (Lipinski definition) is 4. The van der Waals surface area contributed by atoms with Gasteiger partial charge in [-0.1, -0.05) is 18.2 Å². The molecule has 1 aliphatic heterocycles. The smallest absolute Gasteiger partial charge is 0.303 e. The average molecular weight is 452 g/mol. The Kier molecular flexibility index (Phi) is 5.89. The molecule has 0 saturated carbocycles. The number of phenols is 1. The second-order valence-corrected chi connectivity index (χ2v) is 8.66. The van der Waals surface area contributed by atoms with Crippen molar-refractivity contribution in [1.82, 2.24) is 0 Å². The first kappa shape index (κ1) is 21.9. The van der Waals surface area contributed by atoms with Crippen molar-refractivity contribution in [2.45, 2.75) is 36.8 Å². The topological polar surface area (TPSA) is 99.4 Å². The monoisotopic (exact) mass is 452 g/mol. The Balaban J connectivity index is 1.72. The molecule has 0 aliphatic carbocycles. The number of phenolic OH excluding ortho intramolecular Hbond substituents is 1. The number of benzene rings is 2. The number of fused-ring (bicyclic) bond motifs is 1. The molecule has 0 bridgehead atoms. The van der Waals surface area contributed by atoms with Crippen molar-refractivity contribution >= 4 is 21.4 Å². The second kappa shape index (κ2) is 8.33. The minimum atomic E-state index is -3.84. The van der Waals surface area contributed by atoms with Crippen molar-refractivity contribution in [3.05, 3.63) is 58.5 Å². The molecule has 2 aromatic carbocycles. The van der Waals surface area contributed by atoms with Crippen LogP contribution in [0.4, 0.5) is 8.78 Å². The predicted molar refractivity (Wildman–Crippen MR) is 111 cm³/mol. The first-order valence-corrected chi connectivity index (χ1v) is 10.5. The van der Waals surface area contributed by atoms with Gasteiger partial charge in [-0.2, -0.15) is 0 Å². The average Bonchev–Trinajstić information content (AvgIpc) is 3.16. The summed E-state index contributed by atoms with van der Waals surface area (Å²) < 4.78 is 39.9. The van der Waals surface area contributed by atoms with Crippen LogP contribution in [0.5, 0.6) is 11.5 Å². The molecular formula is C22H22F2O6S. The molecule has 2 heterocycles. The summed E-state index contributed by atoms with van der Waals surface area (Å²) >= 11 is 1.59. The van der Waals surface area contributed by atoms with Gasteiger partial charge in [0.15, 0.2) is 0 Å². The van der Waals surface area contributed by atoms with Gasteiger partial charge in [0.2, 0.25) is 0 Å². The molecule has 0 radical (unpaired) electrons. The molecule has 1 aromatic heterocycles. The highest BCUT2D eigenvalue weighted by Gasteiger charge is 2.57. The van der Waals surface area contributed by atoms with Gasteiger partial charge in [0.05, 0.1) is 13.7 Å². The van der Waals surface area contributed by atoms with Gasteiger partial charge in [0.25, 0.3) is 0 Å². The van der Waals surface area contributed by atoms with Crippen molar-refractivity contribution in [1.29, 1.82) is 0 Å². The number of hydrogen-bond acceptors (Lipinski definition) is 7. The maximum Gasteiger partial charge on any atom is 0.303 e. The first-order chi connectivity index (χ1) is 14.8. The van der Waals surface area contributed by atoms with Crippen molar-refractivity contribution in [3.8, 4) is 11.5 Å². The number of aromatic hydroxyl groups is 1. The fourth-order valence-corrected chi connectivity index (χ4v) is 4.94. The highest BCUT2D eigenvalue weighted by atomic mass is 32.1. The van der Waals surface area contributed by atoms with Gasteiger partial charge in [0, 0.05) is 27.6 Å². The van der Waals surface area contributed by atoms with E-state index in [1.54, 1.807) is 11.3 Å². The van der Waals surface area contributed by atoms with Gasteiger partial charge in [-0.15, -0.1) is 11.3 Å². The molecule has 4 rings (SSSR count). The Morgan fingerprint density at radius 1 is 1.16 bits per heavy atom. The van der Waals surface area contributed by atoms with Gasteiger partial charge in [-0.25, -0.2) is 8.78 Å². The van der Waals surface area contributed by atoms with Crippen LogP contribution in [0.1, 0.15) is 22.1 Å². The highest BCUT2D eigenvalue weighted by molar-refractivity contribution is 7.19. The third kappa shape index (κ3) is 3.88. The van der Waals surface area contributed by atoms with Crippen LogP contribution in [-0.2, 0) is 11.2 Å². The molecule has 0 amide bonds. The van der Waals surface area contributed by atoms with E-state index in [1.165, 1.54) is 19.2 Å². The van der Waals surface area contributed by atoms with E-state index in [0.717, 1.165) is 15.0 Å². The number of rotatable bonds is 5. The zero-order chi connectivity index (χ0) is 22.3. The standard InChI is InChI=1S/C22H22F2O6S/c1-29-16-9-15(26)14(20-19(27)21(28)22(23,24)18(10-25)30-20)8-12(16)7-13-6-11-4-2-3-5-17(11)31-13/h2-6,8-9,18-21,25-28H,7,10H2,1H3/t18-,19+,20+,21-/m1/s1. The summed E-state index contributed by atoms with van der Waals surface area (Å²) in [5, 5.41) is 41.1. The number of aliphatic hydroxyl groups is 3. The van der Waals surface area contributed by atoms with E-state index in [2.05, 4.69) is 0 Å². The molecular weight excluding hydrogens is 430 g/mol. The fraction of sp³-hybridized carbons (Fsp3) is 0.364. The minimum Gasteiger partial charge on any atom is -0.507 e. The Morgan fingerprint density at radius 2 is 1.90 bits per heavy atom. The van der Waals surface area contributed by atoms with E-state index in [4.69, 9.17) is 9.47 Å². The fourth-order valence-electron chi connectivity index (χ4n) is 3.85. The van der Waals surface area contributed by atoms with Gasteiger partial charge in [0.1, 0.15) is 35.9 Å². The van der Waals surface area contributed by atoms with E-state index in [-0.39, 0.29) is 11.3 Å². The molecule has 1 saturated heterocycles. The maximum atomic E-state index is 14.1.